The van der Waals surface area contributed by atoms with E-state index in [9.17, 15) is 0 Å². The van der Waals surface area contributed by atoms with E-state index in [4.69, 9.17) is 0 Å². The SMILES string of the molecule is S=CNC1=CSC=NC=C1. The Morgan fingerprint density at radius 2 is 2.60 bits per heavy atom. The highest BCUT2D eigenvalue weighted by Crippen LogP contribution is 2.06. The first-order valence-electron chi connectivity index (χ1n) is 2.67. The number of nitrogens with zero attached hydrogens (tertiary/aromatic N) is 1. The first kappa shape index (κ1) is 7.50. The minimum Gasteiger partial charge on any atom is -0.352 e. The van der Waals surface area contributed by atoms with Crippen molar-refractivity contribution >= 4 is 35.0 Å². The molecule has 1 heterocycles. The van der Waals surface area contributed by atoms with E-state index < -0.39 is 0 Å². The Morgan fingerprint density at radius 3 is 3.40 bits per heavy atom. The van der Waals surface area contributed by atoms with Gasteiger partial charge in [-0.25, -0.2) is 0 Å². The molecule has 0 aromatic rings. The number of thioether (sulfide) groups is 1. The maximum atomic E-state index is 4.62. The van der Waals surface area contributed by atoms with Crippen molar-refractivity contribution < 1.29 is 0 Å². The summed E-state index contributed by atoms with van der Waals surface area (Å²) in [5, 5.41) is 4.83. The van der Waals surface area contributed by atoms with Gasteiger partial charge in [0.1, 0.15) is 0 Å². The predicted molar refractivity (Wildman–Crippen MR) is 50.1 cm³/mol. The molecule has 0 bridgehead atoms. The molecule has 0 aromatic carbocycles. The molecule has 1 rings (SSSR count). The number of thiocarbonyl (C=S) groups is 1. The average molecular weight is 170 g/mol. The molecular weight excluding hydrogens is 164 g/mol. The molecule has 52 valence electrons. The Balaban J connectivity index is 2.59. The van der Waals surface area contributed by atoms with E-state index in [1.807, 2.05) is 11.5 Å². The Bertz CT molecular complexity index is 206. The van der Waals surface area contributed by atoms with E-state index in [0.29, 0.717) is 0 Å². The second-order valence-electron chi connectivity index (χ2n) is 1.54. The highest BCUT2D eigenvalue weighted by molar-refractivity contribution is 8.14. The molecule has 10 heavy (non-hydrogen) atoms. The predicted octanol–water partition coefficient (Wildman–Crippen LogP) is 1.66. The third-order valence-electron chi connectivity index (χ3n) is 0.882. The van der Waals surface area contributed by atoms with Crippen LogP contribution in [0.3, 0.4) is 0 Å². The zero-order chi connectivity index (χ0) is 7.23. The minimum absolute atomic E-state index is 0.970. The molecule has 0 radical (unpaired) electrons. The summed E-state index contributed by atoms with van der Waals surface area (Å²) in [6, 6.07) is 0. The van der Waals surface area contributed by atoms with E-state index >= 15 is 0 Å². The van der Waals surface area contributed by atoms with Crippen molar-refractivity contribution in [2.45, 2.75) is 0 Å². The molecule has 0 atom stereocenters. The molecule has 0 unspecified atom stereocenters. The highest BCUT2D eigenvalue weighted by atomic mass is 32.2. The van der Waals surface area contributed by atoms with Crippen LogP contribution in [0.1, 0.15) is 0 Å². The summed E-state index contributed by atoms with van der Waals surface area (Å²) in [6.45, 7) is 0. The Labute approximate surface area is 69.1 Å². The summed E-state index contributed by atoms with van der Waals surface area (Å²) in [7, 11) is 0. The minimum atomic E-state index is 0.970. The lowest BCUT2D eigenvalue weighted by Gasteiger charge is -1.95. The van der Waals surface area contributed by atoms with Crippen LogP contribution >= 0.6 is 24.0 Å². The Hall–Kier alpha value is -0.610. The number of aliphatic imine (C=N–C) groups is 1. The van der Waals surface area contributed by atoms with Crippen molar-refractivity contribution in [1.82, 2.24) is 5.32 Å². The van der Waals surface area contributed by atoms with Crippen LogP contribution in [0.4, 0.5) is 0 Å². The summed E-state index contributed by atoms with van der Waals surface area (Å²) in [6.07, 6.45) is 3.58. The molecule has 4 heteroatoms. The molecule has 0 saturated carbocycles. The standard InChI is InChI=1S/C6H6N2S2/c9-4-8-6-1-2-7-5-10-3-6/h1-5H,(H,8,9). The van der Waals surface area contributed by atoms with Crippen molar-refractivity contribution in [2.75, 3.05) is 0 Å². The van der Waals surface area contributed by atoms with Gasteiger partial charge in [-0.1, -0.05) is 24.0 Å². The summed E-state index contributed by atoms with van der Waals surface area (Å²) < 4.78 is 0. The maximum absolute atomic E-state index is 4.62. The summed E-state index contributed by atoms with van der Waals surface area (Å²) in [4.78, 5) is 3.92. The van der Waals surface area contributed by atoms with Gasteiger partial charge in [0.2, 0.25) is 0 Å². The van der Waals surface area contributed by atoms with Gasteiger partial charge in [0.25, 0.3) is 0 Å². The molecule has 1 aliphatic heterocycles. The van der Waals surface area contributed by atoms with E-state index in [1.54, 1.807) is 11.7 Å². The van der Waals surface area contributed by atoms with Gasteiger partial charge in [0.05, 0.1) is 11.0 Å². The third kappa shape index (κ3) is 2.33. The zero-order valence-corrected chi connectivity index (χ0v) is 6.78. The molecule has 0 saturated heterocycles. The van der Waals surface area contributed by atoms with E-state index in [-0.39, 0.29) is 0 Å². The van der Waals surface area contributed by atoms with Gasteiger partial charge in [-0.15, -0.1) is 0 Å². The largest absolute Gasteiger partial charge is 0.352 e. The van der Waals surface area contributed by atoms with Crippen LogP contribution in [0.25, 0.3) is 0 Å². The van der Waals surface area contributed by atoms with Crippen LogP contribution in [-0.4, -0.2) is 11.0 Å². The number of hydrogen-bond donors (Lipinski definition) is 1. The number of nitrogens with one attached hydrogen (secondary N) is 1. The summed E-state index contributed by atoms with van der Waals surface area (Å²) in [5.41, 5.74) is 4.20. The quantitative estimate of drug-likeness (QED) is 0.638. The fraction of sp³-hybridized carbons (Fsp3) is 0. The van der Waals surface area contributed by atoms with Gasteiger partial charge in [0, 0.05) is 17.3 Å². The Morgan fingerprint density at radius 1 is 1.70 bits per heavy atom. The second-order valence-corrected chi connectivity index (χ2v) is 2.50. The normalized spacial score (nSPS) is 15.8. The molecule has 0 fully saturated rings. The monoisotopic (exact) mass is 170 g/mol. The van der Waals surface area contributed by atoms with Crippen LogP contribution in [0, 0.1) is 0 Å². The Kier molecular flexibility index (Phi) is 3.18. The second kappa shape index (κ2) is 4.24. The van der Waals surface area contributed by atoms with E-state index in [2.05, 4.69) is 22.5 Å². The molecular formula is C6H6N2S2. The van der Waals surface area contributed by atoms with Gasteiger partial charge in [-0.2, -0.15) is 0 Å². The summed E-state index contributed by atoms with van der Waals surface area (Å²) >= 11 is 6.13. The van der Waals surface area contributed by atoms with Gasteiger partial charge in [-0.3, -0.25) is 4.99 Å². The van der Waals surface area contributed by atoms with Crippen LogP contribution in [0.5, 0.6) is 0 Å². The molecule has 1 aliphatic rings. The number of hydrogen-bond acceptors (Lipinski definition) is 3. The van der Waals surface area contributed by atoms with Crippen molar-refractivity contribution in [1.29, 1.82) is 0 Å². The third-order valence-corrected chi connectivity index (χ3v) is 1.63. The fourth-order valence-corrected chi connectivity index (χ4v) is 1.12. The number of rotatable bonds is 2. The molecule has 0 amide bonds. The van der Waals surface area contributed by atoms with Gasteiger partial charge < -0.3 is 5.32 Å². The molecule has 0 aliphatic carbocycles. The van der Waals surface area contributed by atoms with Crippen molar-refractivity contribution in [3.05, 3.63) is 23.4 Å². The molecule has 1 N–H and O–H groups in total. The first-order chi connectivity index (χ1) is 4.93. The van der Waals surface area contributed by atoms with Gasteiger partial charge in [-0.05, 0) is 6.08 Å². The van der Waals surface area contributed by atoms with Crippen LogP contribution in [-0.2, 0) is 0 Å². The van der Waals surface area contributed by atoms with Gasteiger partial charge >= 0.3 is 0 Å². The lowest BCUT2D eigenvalue weighted by atomic mass is 10.5. The topological polar surface area (TPSA) is 24.4 Å². The van der Waals surface area contributed by atoms with E-state index in [0.717, 1.165) is 5.70 Å². The average Bonchev–Trinajstić information content (AvgIpc) is 2.17. The lowest BCUT2D eigenvalue weighted by Crippen LogP contribution is -2.05. The van der Waals surface area contributed by atoms with Crippen LogP contribution in [0.15, 0.2) is 28.4 Å². The summed E-state index contributed by atoms with van der Waals surface area (Å²) in [5.74, 6) is 0. The van der Waals surface area contributed by atoms with Crippen LogP contribution in [0.2, 0.25) is 0 Å². The van der Waals surface area contributed by atoms with Crippen molar-refractivity contribution in [2.24, 2.45) is 4.99 Å². The smallest absolute Gasteiger partial charge is 0.0659 e. The lowest BCUT2D eigenvalue weighted by molar-refractivity contribution is 1.24. The van der Waals surface area contributed by atoms with Crippen molar-refractivity contribution in [3.8, 4) is 0 Å². The molecule has 0 spiro atoms. The van der Waals surface area contributed by atoms with Crippen molar-refractivity contribution in [3.63, 3.8) is 0 Å². The highest BCUT2D eigenvalue weighted by Gasteiger charge is 1.88. The van der Waals surface area contributed by atoms with Crippen LogP contribution < -0.4 is 5.32 Å². The molecule has 2 nitrogen and oxygen atoms in total. The maximum Gasteiger partial charge on any atom is 0.0659 e. The zero-order valence-electron chi connectivity index (χ0n) is 5.15. The fourth-order valence-electron chi connectivity index (χ4n) is 0.487. The first-order valence-corrected chi connectivity index (χ1v) is 4.09. The number of allylic oxidation sites excluding steroid dienone is 1. The molecule has 0 aromatic heterocycles. The van der Waals surface area contributed by atoms with Gasteiger partial charge in [0.15, 0.2) is 0 Å². The van der Waals surface area contributed by atoms with E-state index in [1.165, 1.54) is 17.3 Å².